The fourth-order valence-corrected chi connectivity index (χ4v) is 1.85. The van der Waals surface area contributed by atoms with Gasteiger partial charge in [0, 0.05) is 12.6 Å². The second-order valence-corrected chi connectivity index (χ2v) is 4.02. The Morgan fingerprint density at radius 1 is 1.57 bits per heavy atom. The molecule has 3 heteroatoms. The molecule has 1 heterocycles. The van der Waals surface area contributed by atoms with E-state index in [0.717, 1.165) is 32.4 Å². The number of rotatable bonds is 7. The first-order chi connectivity index (χ1) is 6.86. The molecule has 3 nitrogen and oxygen atoms in total. The molecule has 1 fully saturated rings. The summed E-state index contributed by atoms with van der Waals surface area (Å²) in [5, 5.41) is 12.3. The molecule has 84 valence electrons. The van der Waals surface area contributed by atoms with Crippen molar-refractivity contribution in [2.45, 2.75) is 51.2 Å². The molecule has 0 aromatic carbocycles. The third-order valence-electron chi connectivity index (χ3n) is 2.87. The maximum atomic E-state index is 8.95. The molecule has 0 saturated carbocycles. The molecule has 1 rings (SSSR count). The van der Waals surface area contributed by atoms with Gasteiger partial charge in [0.15, 0.2) is 0 Å². The second kappa shape index (κ2) is 7.21. The maximum absolute atomic E-state index is 8.95. The summed E-state index contributed by atoms with van der Waals surface area (Å²) in [6.45, 7) is 4.29. The Bertz CT molecular complexity index is 127. The number of hydrogen-bond donors (Lipinski definition) is 2. The number of aliphatic hydroxyl groups excluding tert-OH is 1. The lowest BCUT2D eigenvalue weighted by Gasteiger charge is -2.14. The predicted octanol–water partition coefficient (Wildman–Crippen LogP) is 1.31. The molecule has 0 bridgehead atoms. The van der Waals surface area contributed by atoms with Gasteiger partial charge in [0.2, 0.25) is 0 Å². The third kappa shape index (κ3) is 4.40. The van der Waals surface area contributed by atoms with Crippen LogP contribution in [-0.4, -0.2) is 37.0 Å². The minimum absolute atomic E-state index is 0.246. The molecular formula is C11H23NO2. The molecule has 2 atom stereocenters. The Balaban J connectivity index is 1.92. The Kier molecular flexibility index (Phi) is 6.15. The fraction of sp³-hybridized carbons (Fsp3) is 1.00. The lowest BCUT2D eigenvalue weighted by molar-refractivity contribution is 0.102. The average molecular weight is 201 g/mol. The zero-order valence-corrected chi connectivity index (χ0v) is 9.17. The van der Waals surface area contributed by atoms with Crippen LogP contribution < -0.4 is 5.32 Å². The molecule has 0 radical (unpaired) electrons. The minimum atomic E-state index is 0.246. The first-order valence-electron chi connectivity index (χ1n) is 5.82. The summed E-state index contributed by atoms with van der Waals surface area (Å²) in [6.07, 6.45) is 6.28. The van der Waals surface area contributed by atoms with Gasteiger partial charge < -0.3 is 15.2 Å². The van der Waals surface area contributed by atoms with Crippen LogP contribution in [0.3, 0.4) is 0 Å². The third-order valence-corrected chi connectivity index (χ3v) is 2.87. The van der Waals surface area contributed by atoms with E-state index >= 15 is 0 Å². The lowest BCUT2D eigenvalue weighted by Crippen LogP contribution is -2.32. The van der Waals surface area contributed by atoms with Gasteiger partial charge in [-0.05, 0) is 38.6 Å². The van der Waals surface area contributed by atoms with Gasteiger partial charge in [-0.15, -0.1) is 0 Å². The van der Waals surface area contributed by atoms with Crippen LogP contribution in [0.2, 0.25) is 0 Å². The summed E-state index contributed by atoms with van der Waals surface area (Å²) < 4.78 is 5.54. The quantitative estimate of drug-likeness (QED) is 0.610. The van der Waals surface area contributed by atoms with E-state index in [0.29, 0.717) is 6.10 Å². The van der Waals surface area contributed by atoms with Crippen molar-refractivity contribution in [3.63, 3.8) is 0 Å². The number of hydrogen-bond acceptors (Lipinski definition) is 3. The molecule has 0 aliphatic carbocycles. The number of nitrogens with one attached hydrogen (secondary N) is 1. The highest BCUT2D eigenvalue weighted by atomic mass is 16.5. The van der Waals surface area contributed by atoms with Crippen molar-refractivity contribution in [3.05, 3.63) is 0 Å². The molecule has 0 aromatic heterocycles. The Morgan fingerprint density at radius 2 is 2.43 bits per heavy atom. The normalized spacial score (nSPS) is 24.0. The van der Waals surface area contributed by atoms with Crippen LogP contribution in [0.4, 0.5) is 0 Å². The van der Waals surface area contributed by atoms with Gasteiger partial charge in [0.05, 0.1) is 12.7 Å². The molecule has 2 unspecified atom stereocenters. The minimum Gasteiger partial charge on any atom is -0.395 e. The summed E-state index contributed by atoms with van der Waals surface area (Å²) in [7, 11) is 0. The lowest BCUT2D eigenvalue weighted by atomic mass is 10.1. The van der Waals surface area contributed by atoms with Crippen LogP contribution in [0.5, 0.6) is 0 Å². The van der Waals surface area contributed by atoms with Crippen molar-refractivity contribution in [1.82, 2.24) is 5.32 Å². The smallest absolute Gasteiger partial charge is 0.0584 e. The molecule has 2 N–H and O–H groups in total. The van der Waals surface area contributed by atoms with Gasteiger partial charge >= 0.3 is 0 Å². The summed E-state index contributed by atoms with van der Waals surface area (Å²) in [5.41, 5.74) is 0. The van der Waals surface area contributed by atoms with Gasteiger partial charge in [-0.1, -0.05) is 6.92 Å². The fourth-order valence-electron chi connectivity index (χ4n) is 1.85. The van der Waals surface area contributed by atoms with Gasteiger partial charge in [0.25, 0.3) is 0 Å². The first-order valence-corrected chi connectivity index (χ1v) is 5.82. The van der Waals surface area contributed by atoms with E-state index in [4.69, 9.17) is 9.84 Å². The van der Waals surface area contributed by atoms with Crippen molar-refractivity contribution in [2.75, 3.05) is 19.8 Å². The molecular weight excluding hydrogens is 178 g/mol. The van der Waals surface area contributed by atoms with Crippen LogP contribution in [0.15, 0.2) is 0 Å². The summed E-state index contributed by atoms with van der Waals surface area (Å²) >= 11 is 0. The van der Waals surface area contributed by atoms with Crippen molar-refractivity contribution in [1.29, 1.82) is 0 Å². The predicted molar refractivity (Wildman–Crippen MR) is 57.4 cm³/mol. The number of ether oxygens (including phenoxy) is 1. The van der Waals surface area contributed by atoms with Crippen LogP contribution in [0.1, 0.15) is 39.0 Å². The van der Waals surface area contributed by atoms with Crippen LogP contribution in [0.25, 0.3) is 0 Å². The largest absolute Gasteiger partial charge is 0.395 e. The van der Waals surface area contributed by atoms with Gasteiger partial charge in [-0.3, -0.25) is 0 Å². The Morgan fingerprint density at radius 3 is 3.00 bits per heavy atom. The summed E-state index contributed by atoms with van der Waals surface area (Å²) in [5.74, 6) is 0. The average Bonchev–Trinajstić information content (AvgIpc) is 2.71. The van der Waals surface area contributed by atoms with Crippen LogP contribution in [0, 0.1) is 0 Å². The Hall–Kier alpha value is -0.120. The highest BCUT2D eigenvalue weighted by molar-refractivity contribution is 4.67. The van der Waals surface area contributed by atoms with Crippen molar-refractivity contribution in [2.24, 2.45) is 0 Å². The van der Waals surface area contributed by atoms with Gasteiger partial charge in [-0.25, -0.2) is 0 Å². The van der Waals surface area contributed by atoms with Crippen molar-refractivity contribution >= 4 is 0 Å². The number of aliphatic hydroxyl groups is 1. The van der Waals surface area contributed by atoms with Crippen molar-refractivity contribution in [3.8, 4) is 0 Å². The maximum Gasteiger partial charge on any atom is 0.0584 e. The van der Waals surface area contributed by atoms with E-state index in [1.165, 1.54) is 12.8 Å². The van der Waals surface area contributed by atoms with Crippen LogP contribution in [-0.2, 0) is 4.74 Å². The molecule has 1 saturated heterocycles. The van der Waals surface area contributed by atoms with E-state index < -0.39 is 0 Å². The SMILES string of the molecule is CCC(CO)NCCCC1CCCO1. The molecule has 0 amide bonds. The Labute approximate surface area is 86.8 Å². The van der Waals surface area contributed by atoms with Crippen molar-refractivity contribution < 1.29 is 9.84 Å². The monoisotopic (exact) mass is 201 g/mol. The van der Waals surface area contributed by atoms with Crippen LogP contribution >= 0.6 is 0 Å². The molecule has 0 spiro atoms. The summed E-state index contributed by atoms with van der Waals surface area (Å²) in [4.78, 5) is 0. The summed E-state index contributed by atoms with van der Waals surface area (Å²) in [6, 6.07) is 0.277. The molecule has 1 aliphatic rings. The highest BCUT2D eigenvalue weighted by Gasteiger charge is 2.14. The van der Waals surface area contributed by atoms with E-state index in [1.807, 2.05) is 0 Å². The van der Waals surface area contributed by atoms with E-state index in [2.05, 4.69) is 12.2 Å². The van der Waals surface area contributed by atoms with Gasteiger partial charge in [0.1, 0.15) is 0 Å². The van der Waals surface area contributed by atoms with E-state index in [9.17, 15) is 0 Å². The zero-order valence-electron chi connectivity index (χ0n) is 9.17. The molecule has 1 aliphatic heterocycles. The first kappa shape index (κ1) is 12.0. The topological polar surface area (TPSA) is 41.5 Å². The highest BCUT2D eigenvalue weighted by Crippen LogP contribution is 2.16. The zero-order chi connectivity index (χ0) is 10.2. The second-order valence-electron chi connectivity index (χ2n) is 4.02. The molecule has 0 aromatic rings. The van der Waals surface area contributed by atoms with E-state index in [-0.39, 0.29) is 12.6 Å². The van der Waals surface area contributed by atoms with E-state index in [1.54, 1.807) is 0 Å². The standard InChI is InChI=1S/C11H23NO2/c1-2-10(9-13)12-7-3-5-11-6-4-8-14-11/h10-13H,2-9H2,1H3. The molecule has 14 heavy (non-hydrogen) atoms. The van der Waals surface area contributed by atoms with Gasteiger partial charge in [-0.2, -0.15) is 0 Å².